The van der Waals surface area contributed by atoms with Gasteiger partial charge in [0.25, 0.3) is 0 Å². The molecule has 0 aromatic heterocycles. The molecule has 3 heteroatoms. The van der Waals surface area contributed by atoms with Gasteiger partial charge in [0.05, 0.1) is 0 Å². The minimum Gasteiger partial charge on any atom is -0.486 e. The van der Waals surface area contributed by atoms with Crippen LogP contribution in [0, 0.1) is 6.92 Å². The van der Waals surface area contributed by atoms with E-state index in [1.54, 1.807) is 13.3 Å². The number of aryl methyl sites for hydroxylation is 1. The molecule has 0 bridgehead atoms. The fourth-order valence-electron chi connectivity index (χ4n) is 0.864. The van der Waals surface area contributed by atoms with Gasteiger partial charge < -0.3 is 9.30 Å². The summed E-state index contributed by atoms with van der Waals surface area (Å²) >= 11 is 0. The molecule has 1 rings (SSSR count). The lowest BCUT2D eigenvalue weighted by molar-refractivity contribution is 0.378. The first-order valence-corrected chi connectivity index (χ1v) is 6.99. The third-order valence-electron chi connectivity index (χ3n) is 1.56. The van der Waals surface area contributed by atoms with Gasteiger partial charge in [0.2, 0.25) is 0 Å². The van der Waals surface area contributed by atoms with Crippen molar-refractivity contribution in [3.05, 3.63) is 29.8 Å². The monoisotopic (exact) mass is 198 g/mol. The maximum Gasteiger partial charge on any atom is 0.140 e. The molecule has 0 amide bonds. The van der Waals surface area contributed by atoms with Crippen molar-refractivity contribution in [1.82, 2.24) is 0 Å². The molecule has 0 saturated carbocycles. The van der Waals surface area contributed by atoms with Crippen molar-refractivity contribution in [1.29, 1.82) is 0 Å². The van der Waals surface area contributed by atoms with Crippen LogP contribution in [-0.4, -0.2) is 19.7 Å². The number of hydrogen-bond acceptors (Lipinski definition) is 2. The first-order valence-electron chi connectivity index (χ1n) is 4.21. The summed E-state index contributed by atoms with van der Waals surface area (Å²) in [6.07, 6.45) is 0.316. The van der Waals surface area contributed by atoms with Gasteiger partial charge in [0, 0.05) is 0 Å². The highest BCUT2D eigenvalue weighted by Gasteiger charge is 2.07. The first-order chi connectivity index (χ1) is 5.97. The molecule has 0 aliphatic heterocycles. The van der Waals surface area contributed by atoms with E-state index in [1.807, 2.05) is 31.2 Å². The Kier molecular flexibility index (Phi) is 3.16. The third-order valence-corrected chi connectivity index (χ3v) is 2.31. The lowest BCUT2D eigenvalue weighted by Crippen LogP contribution is -1.96. The van der Waals surface area contributed by atoms with Gasteiger partial charge in [-0.1, -0.05) is 17.7 Å². The Morgan fingerprint density at radius 1 is 1.23 bits per heavy atom. The van der Waals surface area contributed by atoms with Gasteiger partial charge >= 0.3 is 0 Å². The second kappa shape index (κ2) is 3.97. The predicted molar refractivity (Wildman–Crippen MR) is 56.1 cm³/mol. The van der Waals surface area contributed by atoms with Crippen molar-refractivity contribution >= 4 is 7.14 Å². The molecule has 13 heavy (non-hydrogen) atoms. The Labute approximate surface area is 79.3 Å². The van der Waals surface area contributed by atoms with Gasteiger partial charge in [-0.25, -0.2) is 0 Å². The zero-order valence-corrected chi connectivity index (χ0v) is 9.17. The lowest BCUT2D eigenvalue weighted by Gasteiger charge is -2.09. The summed E-state index contributed by atoms with van der Waals surface area (Å²) in [5, 5.41) is 0. The van der Waals surface area contributed by atoms with E-state index in [4.69, 9.17) is 4.74 Å². The lowest BCUT2D eigenvalue weighted by atomic mass is 10.2. The highest BCUT2D eigenvalue weighted by Crippen LogP contribution is 2.35. The van der Waals surface area contributed by atoms with Crippen LogP contribution < -0.4 is 4.74 Å². The second-order valence-corrected chi connectivity index (χ2v) is 7.07. The zero-order chi connectivity index (χ0) is 9.90. The van der Waals surface area contributed by atoms with Gasteiger partial charge in [0.1, 0.15) is 19.2 Å². The van der Waals surface area contributed by atoms with Crippen molar-refractivity contribution in [2.24, 2.45) is 0 Å². The minimum absolute atomic E-state index is 0.316. The zero-order valence-electron chi connectivity index (χ0n) is 8.28. The van der Waals surface area contributed by atoms with Gasteiger partial charge in [-0.2, -0.15) is 0 Å². The van der Waals surface area contributed by atoms with E-state index >= 15 is 0 Å². The van der Waals surface area contributed by atoms with Crippen LogP contribution in [0.25, 0.3) is 0 Å². The van der Waals surface area contributed by atoms with Crippen LogP contribution in [0.2, 0.25) is 0 Å². The number of benzene rings is 1. The Morgan fingerprint density at radius 3 is 2.23 bits per heavy atom. The van der Waals surface area contributed by atoms with Crippen LogP contribution in [0.5, 0.6) is 5.75 Å². The number of rotatable bonds is 3. The average Bonchev–Trinajstić information content (AvgIpc) is 2.02. The highest BCUT2D eigenvalue weighted by molar-refractivity contribution is 7.62. The summed E-state index contributed by atoms with van der Waals surface area (Å²) in [6.45, 7) is 5.47. The van der Waals surface area contributed by atoms with E-state index in [0.717, 1.165) is 5.75 Å². The molecule has 0 heterocycles. The Bertz CT molecular complexity index is 310. The number of hydrogen-bond donors (Lipinski definition) is 0. The molecule has 0 aliphatic carbocycles. The van der Waals surface area contributed by atoms with Crippen LogP contribution in [-0.2, 0) is 4.57 Å². The molecule has 1 aromatic rings. The van der Waals surface area contributed by atoms with Crippen LogP contribution in [0.4, 0.5) is 0 Å². The summed E-state index contributed by atoms with van der Waals surface area (Å²) in [4.78, 5) is 0. The maximum absolute atomic E-state index is 11.3. The molecule has 0 atom stereocenters. The molecule has 0 spiro atoms. The standard InChI is InChI=1S/C10H15O2P/c1-9-4-6-10(7-5-9)12-8-13(2,3)11/h4-7H,8H2,1-3H3. The summed E-state index contributed by atoms with van der Waals surface area (Å²) in [5.41, 5.74) is 1.20. The van der Waals surface area contributed by atoms with E-state index in [-0.39, 0.29) is 0 Å². The molecular weight excluding hydrogens is 183 g/mol. The molecule has 0 aliphatic rings. The van der Waals surface area contributed by atoms with E-state index in [1.165, 1.54) is 5.56 Å². The Morgan fingerprint density at radius 2 is 1.77 bits per heavy atom. The van der Waals surface area contributed by atoms with E-state index in [0.29, 0.717) is 6.35 Å². The molecule has 0 N–H and O–H groups in total. The van der Waals surface area contributed by atoms with E-state index in [9.17, 15) is 4.57 Å². The molecule has 0 fully saturated rings. The molecule has 0 radical (unpaired) electrons. The quantitative estimate of drug-likeness (QED) is 0.698. The normalized spacial score (nSPS) is 11.3. The van der Waals surface area contributed by atoms with Crippen LogP contribution in [0.3, 0.4) is 0 Å². The Balaban J connectivity index is 2.56. The topological polar surface area (TPSA) is 26.3 Å². The minimum atomic E-state index is -2.07. The molecule has 2 nitrogen and oxygen atoms in total. The summed E-state index contributed by atoms with van der Waals surface area (Å²) < 4.78 is 16.7. The van der Waals surface area contributed by atoms with Crippen LogP contribution >= 0.6 is 7.14 Å². The smallest absolute Gasteiger partial charge is 0.140 e. The maximum atomic E-state index is 11.3. The second-order valence-electron chi connectivity index (χ2n) is 3.66. The third kappa shape index (κ3) is 4.14. The fraction of sp³-hybridized carbons (Fsp3) is 0.400. The van der Waals surface area contributed by atoms with Crippen molar-refractivity contribution in [3.63, 3.8) is 0 Å². The van der Waals surface area contributed by atoms with E-state index < -0.39 is 7.14 Å². The predicted octanol–water partition coefficient (Wildman–Crippen LogP) is 2.95. The summed E-state index contributed by atoms with van der Waals surface area (Å²) in [6, 6.07) is 7.74. The van der Waals surface area contributed by atoms with Gasteiger partial charge in [-0.05, 0) is 32.4 Å². The molecular formula is C10H15O2P. The Hall–Kier alpha value is -0.750. The van der Waals surface area contributed by atoms with Crippen molar-refractivity contribution in [2.45, 2.75) is 6.92 Å². The highest BCUT2D eigenvalue weighted by atomic mass is 31.2. The first kappa shape index (κ1) is 10.3. The largest absolute Gasteiger partial charge is 0.486 e. The summed E-state index contributed by atoms with van der Waals surface area (Å²) in [5.74, 6) is 0.787. The van der Waals surface area contributed by atoms with Crippen LogP contribution in [0.15, 0.2) is 24.3 Å². The molecule has 1 aromatic carbocycles. The fourth-order valence-corrected chi connectivity index (χ4v) is 1.32. The van der Waals surface area contributed by atoms with Crippen molar-refractivity contribution in [3.8, 4) is 5.75 Å². The van der Waals surface area contributed by atoms with Gasteiger partial charge in [-0.15, -0.1) is 0 Å². The molecule has 0 unspecified atom stereocenters. The number of ether oxygens (including phenoxy) is 1. The average molecular weight is 198 g/mol. The molecule has 72 valence electrons. The van der Waals surface area contributed by atoms with Crippen molar-refractivity contribution < 1.29 is 9.30 Å². The van der Waals surface area contributed by atoms with Crippen molar-refractivity contribution in [2.75, 3.05) is 19.7 Å². The summed E-state index contributed by atoms with van der Waals surface area (Å²) in [7, 11) is -2.07. The SMILES string of the molecule is Cc1ccc(OCP(C)(C)=O)cc1. The van der Waals surface area contributed by atoms with E-state index in [2.05, 4.69) is 0 Å². The molecule has 0 saturated heterocycles. The van der Waals surface area contributed by atoms with Crippen LogP contribution in [0.1, 0.15) is 5.56 Å². The van der Waals surface area contributed by atoms with Gasteiger partial charge in [0.15, 0.2) is 0 Å². The van der Waals surface area contributed by atoms with Gasteiger partial charge in [-0.3, -0.25) is 0 Å².